The maximum atomic E-state index is 11.4. The van der Waals surface area contributed by atoms with Crippen LogP contribution in [-0.4, -0.2) is 18.0 Å². The van der Waals surface area contributed by atoms with Crippen LogP contribution in [0.5, 0.6) is 11.5 Å². The van der Waals surface area contributed by atoms with Crippen LogP contribution in [0, 0.1) is 0 Å². The van der Waals surface area contributed by atoms with Gasteiger partial charge in [-0.25, -0.2) is 0 Å². The number of methoxy groups -OCH3 is 1. The van der Waals surface area contributed by atoms with Gasteiger partial charge in [0, 0.05) is 18.1 Å². The summed E-state index contributed by atoms with van der Waals surface area (Å²) in [5.41, 5.74) is 1.48. The number of phenols is 1. The molecule has 2 rings (SSSR count). The average Bonchev–Trinajstić information content (AvgIpc) is 2.67. The van der Waals surface area contributed by atoms with E-state index in [-0.39, 0.29) is 11.5 Å². The first-order chi connectivity index (χ1) is 7.70. The Balaban J connectivity index is 2.31. The summed E-state index contributed by atoms with van der Waals surface area (Å²) < 4.78 is 4.99. The zero-order valence-corrected chi connectivity index (χ0v) is 9.19. The molecule has 0 aromatic heterocycles. The first kappa shape index (κ1) is 10.7. The Morgan fingerprint density at radius 2 is 2.19 bits per heavy atom. The van der Waals surface area contributed by atoms with Gasteiger partial charge in [-0.3, -0.25) is 4.79 Å². The number of ketones is 1. The number of phenolic OH excluding ortho intramolecular Hbond substituents is 1. The van der Waals surface area contributed by atoms with E-state index in [0.717, 1.165) is 18.4 Å². The molecule has 84 valence electrons. The highest BCUT2D eigenvalue weighted by Gasteiger charge is 2.17. The van der Waals surface area contributed by atoms with Gasteiger partial charge in [0.2, 0.25) is 0 Å². The van der Waals surface area contributed by atoms with Gasteiger partial charge in [0.25, 0.3) is 0 Å². The van der Waals surface area contributed by atoms with E-state index in [1.165, 1.54) is 0 Å². The SMILES string of the molecule is COc1ccc(C=C2CCCC2=O)c(O)c1. The summed E-state index contributed by atoms with van der Waals surface area (Å²) in [6.07, 6.45) is 4.12. The molecule has 16 heavy (non-hydrogen) atoms. The molecular weight excluding hydrogens is 204 g/mol. The number of hydrogen-bond donors (Lipinski definition) is 1. The summed E-state index contributed by atoms with van der Waals surface area (Å²) in [5, 5.41) is 9.73. The molecule has 1 aromatic rings. The molecule has 1 aliphatic carbocycles. The highest BCUT2D eigenvalue weighted by molar-refractivity contribution is 6.01. The van der Waals surface area contributed by atoms with E-state index in [1.807, 2.05) is 0 Å². The fraction of sp³-hybridized carbons (Fsp3) is 0.308. The van der Waals surface area contributed by atoms with Gasteiger partial charge in [-0.1, -0.05) is 0 Å². The number of benzene rings is 1. The van der Waals surface area contributed by atoms with Crippen molar-refractivity contribution in [2.24, 2.45) is 0 Å². The van der Waals surface area contributed by atoms with Crippen LogP contribution in [0.4, 0.5) is 0 Å². The molecule has 1 saturated carbocycles. The third-order valence-corrected chi connectivity index (χ3v) is 2.78. The van der Waals surface area contributed by atoms with Crippen LogP contribution in [0.15, 0.2) is 23.8 Å². The maximum absolute atomic E-state index is 11.4. The molecule has 0 spiro atoms. The van der Waals surface area contributed by atoms with Gasteiger partial charge in [-0.05, 0) is 36.6 Å². The quantitative estimate of drug-likeness (QED) is 0.776. The van der Waals surface area contributed by atoms with Crippen LogP contribution in [0.1, 0.15) is 24.8 Å². The molecule has 0 bridgehead atoms. The Morgan fingerprint density at radius 1 is 1.38 bits per heavy atom. The van der Waals surface area contributed by atoms with E-state index >= 15 is 0 Å². The first-order valence-corrected chi connectivity index (χ1v) is 5.31. The number of Topliss-reactive ketones (excluding diaryl/α,β-unsaturated/α-hetero) is 1. The maximum Gasteiger partial charge on any atom is 0.158 e. The van der Waals surface area contributed by atoms with Crippen molar-refractivity contribution in [3.63, 3.8) is 0 Å². The molecular formula is C13H14O3. The van der Waals surface area contributed by atoms with Gasteiger partial charge in [0.1, 0.15) is 11.5 Å². The summed E-state index contributed by atoms with van der Waals surface area (Å²) in [6.45, 7) is 0. The molecule has 0 radical (unpaired) electrons. The molecule has 0 amide bonds. The third kappa shape index (κ3) is 2.08. The van der Waals surface area contributed by atoms with E-state index in [1.54, 1.807) is 31.4 Å². The lowest BCUT2D eigenvalue weighted by molar-refractivity contribution is -0.114. The molecule has 3 heteroatoms. The van der Waals surface area contributed by atoms with E-state index in [9.17, 15) is 9.90 Å². The third-order valence-electron chi connectivity index (χ3n) is 2.78. The second-order valence-electron chi connectivity index (χ2n) is 3.87. The highest BCUT2D eigenvalue weighted by atomic mass is 16.5. The Hall–Kier alpha value is -1.77. The highest BCUT2D eigenvalue weighted by Crippen LogP contribution is 2.29. The van der Waals surface area contributed by atoms with Crippen LogP contribution < -0.4 is 4.74 Å². The van der Waals surface area contributed by atoms with E-state index in [0.29, 0.717) is 17.7 Å². The van der Waals surface area contributed by atoms with Crippen LogP contribution in [0.2, 0.25) is 0 Å². The van der Waals surface area contributed by atoms with Gasteiger partial charge >= 0.3 is 0 Å². The van der Waals surface area contributed by atoms with Crippen molar-refractivity contribution >= 4 is 11.9 Å². The van der Waals surface area contributed by atoms with Crippen molar-refractivity contribution in [2.45, 2.75) is 19.3 Å². The number of carbonyl (C=O) groups is 1. The minimum absolute atomic E-state index is 0.145. The van der Waals surface area contributed by atoms with Crippen LogP contribution in [0.25, 0.3) is 6.08 Å². The Bertz CT molecular complexity index is 446. The smallest absolute Gasteiger partial charge is 0.158 e. The monoisotopic (exact) mass is 218 g/mol. The van der Waals surface area contributed by atoms with Crippen molar-refractivity contribution < 1.29 is 14.6 Å². The number of rotatable bonds is 2. The molecule has 0 saturated heterocycles. The molecule has 0 atom stereocenters. The largest absolute Gasteiger partial charge is 0.507 e. The summed E-state index contributed by atoms with van der Waals surface area (Å²) in [5.74, 6) is 0.944. The van der Waals surface area contributed by atoms with Crippen LogP contribution >= 0.6 is 0 Å². The zero-order valence-electron chi connectivity index (χ0n) is 9.19. The van der Waals surface area contributed by atoms with Crippen molar-refractivity contribution in [1.29, 1.82) is 0 Å². The lowest BCUT2D eigenvalue weighted by Crippen LogP contribution is -1.91. The van der Waals surface area contributed by atoms with Gasteiger partial charge < -0.3 is 9.84 Å². The number of aromatic hydroxyl groups is 1. The molecule has 0 unspecified atom stereocenters. The number of hydrogen-bond acceptors (Lipinski definition) is 3. The lowest BCUT2D eigenvalue weighted by Gasteiger charge is -2.04. The number of allylic oxidation sites excluding steroid dienone is 1. The van der Waals surface area contributed by atoms with Gasteiger partial charge in [-0.15, -0.1) is 0 Å². The van der Waals surface area contributed by atoms with Crippen molar-refractivity contribution in [1.82, 2.24) is 0 Å². The van der Waals surface area contributed by atoms with Crippen molar-refractivity contribution in [3.05, 3.63) is 29.3 Å². The molecule has 0 heterocycles. The predicted octanol–water partition coefficient (Wildman–Crippen LogP) is 2.54. The first-order valence-electron chi connectivity index (χ1n) is 5.31. The minimum Gasteiger partial charge on any atom is -0.507 e. The van der Waals surface area contributed by atoms with Crippen molar-refractivity contribution in [2.75, 3.05) is 7.11 Å². The van der Waals surface area contributed by atoms with E-state index in [4.69, 9.17) is 4.74 Å². The van der Waals surface area contributed by atoms with E-state index in [2.05, 4.69) is 0 Å². The Kier molecular flexibility index (Phi) is 2.95. The predicted molar refractivity (Wildman–Crippen MR) is 61.5 cm³/mol. The van der Waals surface area contributed by atoms with Gasteiger partial charge in [0.15, 0.2) is 5.78 Å². The zero-order chi connectivity index (χ0) is 11.5. The van der Waals surface area contributed by atoms with Gasteiger partial charge in [0.05, 0.1) is 7.11 Å². The van der Waals surface area contributed by atoms with Gasteiger partial charge in [-0.2, -0.15) is 0 Å². The molecule has 1 aromatic carbocycles. The standard InChI is InChI=1S/C13H14O3/c1-16-11-6-5-10(13(15)8-11)7-9-3-2-4-12(9)14/h5-8,15H,2-4H2,1H3. The number of ether oxygens (including phenoxy) is 1. The molecule has 1 N–H and O–H groups in total. The second-order valence-corrected chi connectivity index (χ2v) is 3.87. The summed E-state index contributed by atoms with van der Waals surface area (Å²) in [6, 6.07) is 5.07. The Morgan fingerprint density at radius 3 is 2.75 bits per heavy atom. The van der Waals surface area contributed by atoms with Crippen LogP contribution in [0.3, 0.4) is 0 Å². The molecule has 1 fully saturated rings. The summed E-state index contributed by atoms with van der Waals surface area (Å²) >= 11 is 0. The fourth-order valence-corrected chi connectivity index (χ4v) is 1.85. The normalized spacial score (nSPS) is 18.1. The number of carbonyl (C=O) groups excluding carboxylic acids is 1. The van der Waals surface area contributed by atoms with Crippen LogP contribution in [-0.2, 0) is 4.79 Å². The lowest BCUT2D eigenvalue weighted by atomic mass is 10.1. The summed E-state index contributed by atoms with van der Waals surface area (Å²) in [4.78, 5) is 11.4. The minimum atomic E-state index is 0.145. The van der Waals surface area contributed by atoms with Crippen molar-refractivity contribution in [3.8, 4) is 11.5 Å². The fourth-order valence-electron chi connectivity index (χ4n) is 1.85. The summed E-state index contributed by atoms with van der Waals surface area (Å²) in [7, 11) is 1.55. The van der Waals surface area contributed by atoms with E-state index < -0.39 is 0 Å². The Labute approximate surface area is 94.4 Å². The molecule has 3 nitrogen and oxygen atoms in total. The second kappa shape index (κ2) is 4.39. The topological polar surface area (TPSA) is 46.5 Å². The molecule has 0 aliphatic heterocycles. The average molecular weight is 218 g/mol. The molecule has 1 aliphatic rings.